The summed E-state index contributed by atoms with van der Waals surface area (Å²) in [4.78, 5) is 0. The van der Waals surface area contributed by atoms with Crippen LogP contribution >= 0.6 is 0 Å². The lowest BCUT2D eigenvalue weighted by Gasteiger charge is -2.18. The zero-order valence-electron chi connectivity index (χ0n) is 9.87. The van der Waals surface area contributed by atoms with Gasteiger partial charge in [0.05, 0.1) is 0 Å². The van der Waals surface area contributed by atoms with Crippen LogP contribution in [0.3, 0.4) is 0 Å². The topological polar surface area (TPSA) is 40.5 Å². The van der Waals surface area contributed by atoms with Crippen molar-refractivity contribution in [3.63, 3.8) is 0 Å². The van der Waals surface area contributed by atoms with E-state index < -0.39 is 0 Å². The number of aliphatic hydroxyl groups is 1. The molecule has 0 amide bonds. The first-order valence-corrected chi connectivity index (χ1v) is 6.18. The molecule has 2 heteroatoms. The first-order chi connectivity index (χ1) is 7.74. The number of fused-ring (bicyclic) bond motifs is 1. The highest BCUT2D eigenvalue weighted by molar-refractivity contribution is 5.47. The summed E-state index contributed by atoms with van der Waals surface area (Å²) in [6.07, 6.45) is 5.86. The van der Waals surface area contributed by atoms with E-state index in [1.165, 1.54) is 30.4 Å². The zero-order valence-corrected chi connectivity index (χ0v) is 9.87. The second kappa shape index (κ2) is 4.88. The van der Waals surface area contributed by atoms with Gasteiger partial charge in [-0.2, -0.15) is 0 Å². The van der Waals surface area contributed by atoms with Gasteiger partial charge in [-0.05, 0) is 42.9 Å². The molecule has 0 saturated heterocycles. The van der Waals surface area contributed by atoms with Gasteiger partial charge < -0.3 is 10.2 Å². The molecule has 1 atom stereocenters. The molecular formula is C14H20O2. The Morgan fingerprint density at radius 3 is 2.69 bits per heavy atom. The molecule has 0 aliphatic heterocycles. The van der Waals surface area contributed by atoms with Gasteiger partial charge in [0.15, 0.2) is 0 Å². The fourth-order valence-corrected chi connectivity index (χ4v) is 2.66. The third kappa shape index (κ3) is 2.07. The molecule has 0 fully saturated rings. The van der Waals surface area contributed by atoms with Gasteiger partial charge in [-0.15, -0.1) is 0 Å². The van der Waals surface area contributed by atoms with Crippen molar-refractivity contribution in [2.75, 3.05) is 6.61 Å². The van der Waals surface area contributed by atoms with Crippen LogP contribution in [0.25, 0.3) is 0 Å². The standard InChI is InChI=1S/C14H20O2/c1-10(9-15)14-12-6-4-2-3-5-11(12)7-8-13(14)16/h7-8,10,15-16H,2-6,9H2,1H3. The van der Waals surface area contributed by atoms with Gasteiger partial charge in [0.2, 0.25) is 0 Å². The van der Waals surface area contributed by atoms with Gasteiger partial charge in [0, 0.05) is 18.1 Å². The largest absolute Gasteiger partial charge is 0.508 e. The number of hydrogen-bond acceptors (Lipinski definition) is 2. The first-order valence-electron chi connectivity index (χ1n) is 6.18. The molecule has 2 N–H and O–H groups in total. The Bertz CT molecular complexity index is 371. The zero-order chi connectivity index (χ0) is 11.5. The number of phenols is 1. The summed E-state index contributed by atoms with van der Waals surface area (Å²) in [5.74, 6) is 0.384. The van der Waals surface area contributed by atoms with Crippen LogP contribution in [0.1, 0.15) is 48.8 Å². The van der Waals surface area contributed by atoms with Crippen LogP contribution in [-0.2, 0) is 12.8 Å². The molecule has 0 radical (unpaired) electrons. The van der Waals surface area contributed by atoms with E-state index in [0.29, 0.717) is 5.75 Å². The molecule has 0 spiro atoms. The SMILES string of the molecule is CC(CO)c1c(O)ccc2c1CCCCC2. The van der Waals surface area contributed by atoms with Gasteiger partial charge in [0.1, 0.15) is 5.75 Å². The van der Waals surface area contributed by atoms with E-state index in [1.54, 1.807) is 6.07 Å². The summed E-state index contributed by atoms with van der Waals surface area (Å²) in [6.45, 7) is 2.07. The molecule has 1 aromatic rings. The first kappa shape index (κ1) is 11.5. The normalized spacial score (nSPS) is 17.6. The summed E-state index contributed by atoms with van der Waals surface area (Å²) < 4.78 is 0. The number of aryl methyl sites for hydroxylation is 1. The van der Waals surface area contributed by atoms with Gasteiger partial charge >= 0.3 is 0 Å². The summed E-state index contributed by atoms with van der Waals surface area (Å²) >= 11 is 0. The van der Waals surface area contributed by atoms with Crippen molar-refractivity contribution in [3.05, 3.63) is 28.8 Å². The Labute approximate surface area is 96.9 Å². The Kier molecular flexibility index (Phi) is 3.49. The fourth-order valence-electron chi connectivity index (χ4n) is 2.66. The van der Waals surface area contributed by atoms with Crippen molar-refractivity contribution >= 4 is 0 Å². The van der Waals surface area contributed by atoms with E-state index in [-0.39, 0.29) is 12.5 Å². The van der Waals surface area contributed by atoms with Crippen molar-refractivity contribution in [3.8, 4) is 5.75 Å². The fraction of sp³-hybridized carbons (Fsp3) is 0.571. The highest BCUT2D eigenvalue weighted by Crippen LogP contribution is 2.34. The molecule has 0 bridgehead atoms. The Hall–Kier alpha value is -1.02. The number of aliphatic hydroxyl groups excluding tert-OH is 1. The molecule has 2 rings (SSSR count). The van der Waals surface area contributed by atoms with Crippen LogP contribution in [0.2, 0.25) is 0 Å². The van der Waals surface area contributed by atoms with Crippen LogP contribution in [0.15, 0.2) is 12.1 Å². The summed E-state index contributed by atoms with van der Waals surface area (Å²) in [7, 11) is 0. The summed E-state index contributed by atoms with van der Waals surface area (Å²) in [5, 5.41) is 19.2. The third-order valence-corrected chi connectivity index (χ3v) is 3.57. The number of rotatable bonds is 2. The Morgan fingerprint density at radius 1 is 1.19 bits per heavy atom. The monoisotopic (exact) mass is 220 g/mol. The van der Waals surface area contributed by atoms with Gasteiger partial charge in [-0.3, -0.25) is 0 Å². The second-order valence-corrected chi connectivity index (χ2v) is 4.78. The van der Waals surface area contributed by atoms with Gasteiger partial charge in [-0.25, -0.2) is 0 Å². The molecule has 2 nitrogen and oxygen atoms in total. The minimum Gasteiger partial charge on any atom is -0.508 e. The van der Waals surface area contributed by atoms with Crippen molar-refractivity contribution < 1.29 is 10.2 Å². The average molecular weight is 220 g/mol. The Morgan fingerprint density at radius 2 is 1.94 bits per heavy atom. The molecule has 1 unspecified atom stereocenters. The molecule has 0 saturated carbocycles. The maximum absolute atomic E-state index is 9.95. The molecule has 1 aliphatic carbocycles. The van der Waals surface area contributed by atoms with Crippen LogP contribution in [0.5, 0.6) is 5.75 Å². The van der Waals surface area contributed by atoms with E-state index in [4.69, 9.17) is 0 Å². The molecular weight excluding hydrogens is 200 g/mol. The maximum Gasteiger partial charge on any atom is 0.119 e. The third-order valence-electron chi connectivity index (χ3n) is 3.57. The van der Waals surface area contributed by atoms with Crippen LogP contribution in [0, 0.1) is 0 Å². The van der Waals surface area contributed by atoms with Crippen LogP contribution in [0.4, 0.5) is 0 Å². The highest BCUT2D eigenvalue weighted by atomic mass is 16.3. The minimum absolute atomic E-state index is 0.0352. The van der Waals surface area contributed by atoms with E-state index in [0.717, 1.165) is 18.4 Å². The molecule has 1 aliphatic rings. The van der Waals surface area contributed by atoms with E-state index in [2.05, 4.69) is 0 Å². The molecule has 88 valence electrons. The smallest absolute Gasteiger partial charge is 0.119 e. The number of hydrogen-bond donors (Lipinski definition) is 2. The van der Waals surface area contributed by atoms with Crippen molar-refractivity contribution in [2.24, 2.45) is 0 Å². The lowest BCUT2D eigenvalue weighted by molar-refractivity contribution is 0.269. The molecule has 0 aromatic heterocycles. The van der Waals surface area contributed by atoms with E-state index >= 15 is 0 Å². The van der Waals surface area contributed by atoms with E-state index in [9.17, 15) is 10.2 Å². The van der Waals surface area contributed by atoms with Gasteiger partial charge in [0.25, 0.3) is 0 Å². The summed E-state index contributed by atoms with van der Waals surface area (Å²) in [6, 6.07) is 3.83. The molecule has 16 heavy (non-hydrogen) atoms. The number of benzene rings is 1. The molecule has 0 heterocycles. The summed E-state index contributed by atoms with van der Waals surface area (Å²) in [5.41, 5.74) is 3.63. The lowest BCUT2D eigenvalue weighted by Crippen LogP contribution is -2.06. The maximum atomic E-state index is 9.95. The molecule has 1 aromatic carbocycles. The number of phenolic OH excluding ortho intramolecular Hbond substituents is 1. The van der Waals surface area contributed by atoms with Gasteiger partial charge in [-0.1, -0.05) is 19.4 Å². The van der Waals surface area contributed by atoms with Crippen molar-refractivity contribution in [2.45, 2.75) is 44.9 Å². The average Bonchev–Trinajstić information content (AvgIpc) is 2.53. The predicted molar refractivity (Wildman–Crippen MR) is 64.9 cm³/mol. The van der Waals surface area contributed by atoms with Crippen molar-refractivity contribution in [1.29, 1.82) is 0 Å². The number of aromatic hydroxyl groups is 1. The van der Waals surface area contributed by atoms with E-state index in [1.807, 2.05) is 13.0 Å². The minimum atomic E-state index is 0.0352. The lowest BCUT2D eigenvalue weighted by atomic mass is 9.89. The highest BCUT2D eigenvalue weighted by Gasteiger charge is 2.19. The predicted octanol–water partition coefficient (Wildman–Crippen LogP) is 2.76. The van der Waals surface area contributed by atoms with Crippen LogP contribution in [-0.4, -0.2) is 16.8 Å². The van der Waals surface area contributed by atoms with Crippen molar-refractivity contribution in [1.82, 2.24) is 0 Å². The van der Waals surface area contributed by atoms with Crippen LogP contribution < -0.4 is 0 Å². The second-order valence-electron chi connectivity index (χ2n) is 4.78. The Balaban J connectivity index is 2.48. The quantitative estimate of drug-likeness (QED) is 0.752.